The van der Waals surface area contributed by atoms with Gasteiger partial charge in [0.15, 0.2) is 0 Å². The SMILES string of the molecule is CCOC(N)=O.[SiH3]O[SiH3]. The fraction of sp³-hybridized carbons (Fsp3) is 0.667. The predicted octanol–water partition coefficient (Wildman–Crippen LogP) is -2.33. The van der Waals surface area contributed by atoms with Crippen molar-refractivity contribution in [2.75, 3.05) is 6.61 Å². The number of hydrogen-bond donors (Lipinski definition) is 1. The fourth-order valence-corrected chi connectivity index (χ4v) is 0.142. The van der Waals surface area contributed by atoms with Crippen molar-refractivity contribution in [3.63, 3.8) is 0 Å². The summed E-state index contributed by atoms with van der Waals surface area (Å²) in [6.45, 7) is 2.06. The van der Waals surface area contributed by atoms with Crippen LogP contribution in [0.1, 0.15) is 6.92 Å². The average molecular weight is 167 g/mol. The summed E-state index contributed by atoms with van der Waals surface area (Å²) in [6, 6.07) is 0. The number of rotatable bonds is 1. The maximum Gasteiger partial charge on any atom is 0.404 e. The first-order valence-corrected chi connectivity index (χ1v) is 4.14. The van der Waals surface area contributed by atoms with E-state index in [-0.39, 0.29) is 0 Å². The first-order valence-electron chi connectivity index (χ1n) is 2.51. The van der Waals surface area contributed by atoms with E-state index < -0.39 is 6.09 Å². The average Bonchev–Trinajstić information content (AvgIpc) is 1.67. The maximum absolute atomic E-state index is 9.60. The Morgan fingerprint density at radius 2 is 2.00 bits per heavy atom. The molecule has 0 saturated carbocycles. The van der Waals surface area contributed by atoms with Crippen molar-refractivity contribution in [2.45, 2.75) is 6.92 Å². The highest BCUT2D eigenvalue weighted by atomic mass is 28.3. The van der Waals surface area contributed by atoms with Crippen molar-refractivity contribution in [3.8, 4) is 0 Å². The summed E-state index contributed by atoms with van der Waals surface area (Å²) >= 11 is 0. The van der Waals surface area contributed by atoms with E-state index in [0.717, 1.165) is 21.0 Å². The van der Waals surface area contributed by atoms with Crippen LogP contribution in [-0.4, -0.2) is 33.7 Å². The van der Waals surface area contributed by atoms with Gasteiger partial charge < -0.3 is 14.6 Å². The van der Waals surface area contributed by atoms with Gasteiger partial charge in [0.2, 0.25) is 0 Å². The van der Waals surface area contributed by atoms with Crippen LogP contribution in [0.5, 0.6) is 0 Å². The van der Waals surface area contributed by atoms with Crippen LogP contribution in [0.25, 0.3) is 0 Å². The second kappa shape index (κ2) is 10.6. The maximum atomic E-state index is 9.60. The normalized spacial score (nSPS) is 7.67. The van der Waals surface area contributed by atoms with Crippen LogP contribution in [0.3, 0.4) is 0 Å². The summed E-state index contributed by atoms with van der Waals surface area (Å²) in [7, 11) is 1.86. The van der Waals surface area contributed by atoms with E-state index in [0.29, 0.717) is 6.61 Å². The lowest BCUT2D eigenvalue weighted by molar-refractivity contribution is 0.163. The van der Waals surface area contributed by atoms with Crippen LogP contribution in [0, 0.1) is 0 Å². The Morgan fingerprint density at radius 1 is 1.67 bits per heavy atom. The Morgan fingerprint density at radius 3 is 2.00 bits per heavy atom. The second-order valence-electron chi connectivity index (χ2n) is 1.16. The molecule has 0 aliphatic carbocycles. The molecule has 6 heteroatoms. The first-order chi connectivity index (χ1) is 4.18. The minimum Gasteiger partial charge on any atom is -0.471 e. The topological polar surface area (TPSA) is 61.5 Å². The Kier molecular flexibility index (Phi) is 13.5. The van der Waals surface area contributed by atoms with Crippen LogP contribution >= 0.6 is 0 Å². The Bertz CT molecular complexity index is 70.1. The summed E-state index contributed by atoms with van der Waals surface area (Å²) < 4.78 is 8.71. The molecule has 0 aromatic heterocycles. The van der Waals surface area contributed by atoms with Gasteiger partial charge >= 0.3 is 6.09 Å². The molecule has 0 rings (SSSR count). The zero-order valence-corrected chi connectivity index (χ0v) is 10.0. The molecule has 0 heterocycles. The fourth-order valence-electron chi connectivity index (χ4n) is 0.142. The van der Waals surface area contributed by atoms with Crippen molar-refractivity contribution < 1.29 is 13.6 Å². The molecule has 0 spiro atoms. The number of nitrogens with two attached hydrogens (primary N) is 1. The molecule has 4 nitrogen and oxygen atoms in total. The quantitative estimate of drug-likeness (QED) is 0.445. The van der Waals surface area contributed by atoms with Gasteiger partial charge in [0.25, 0.3) is 0 Å². The highest BCUT2D eigenvalue weighted by Crippen LogP contribution is 1.66. The number of hydrogen-bond acceptors (Lipinski definition) is 3. The van der Waals surface area contributed by atoms with Crippen LogP contribution in [0.15, 0.2) is 0 Å². The van der Waals surface area contributed by atoms with E-state index in [4.69, 9.17) is 0 Å². The predicted molar refractivity (Wildman–Crippen MR) is 42.2 cm³/mol. The third-order valence-corrected chi connectivity index (χ3v) is 0.287. The Balaban J connectivity index is 0. The van der Waals surface area contributed by atoms with E-state index in [1.54, 1.807) is 6.92 Å². The zero-order valence-electron chi connectivity index (χ0n) is 6.01. The van der Waals surface area contributed by atoms with Gasteiger partial charge in [-0.3, -0.25) is 0 Å². The molecule has 1 amide bonds. The molecule has 0 aromatic carbocycles. The number of primary amides is 1. The largest absolute Gasteiger partial charge is 0.471 e. The zero-order chi connectivity index (χ0) is 7.70. The molecule has 0 radical (unpaired) electrons. The molecule has 0 aliphatic heterocycles. The summed E-state index contributed by atoms with van der Waals surface area (Å²) in [5, 5.41) is 0. The highest BCUT2D eigenvalue weighted by molar-refractivity contribution is 6.15. The van der Waals surface area contributed by atoms with Gasteiger partial charge in [-0.1, -0.05) is 0 Å². The minimum absolute atomic E-state index is 0.356. The lowest BCUT2D eigenvalue weighted by Gasteiger charge is -1.89. The lowest BCUT2D eigenvalue weighted by Crippen LogP contribution is -2.11. The Hall–Kier alpha value is -0.336. The third kappa shape index (κ3) is 34.6. The van der Waals surface area contributed by atoms with Crippen LogP contribution in [0.4, 0.5) is 4.79 Å². The van der Waals surface area contributed by atoms with E-state index in [9.17, 15) is 4.79 Å². The molecule has 56 valence electrons. The van der Waals surface area contributed by atoms with E-state index in [1.807, 2.05) is 0 Å². The van der Waals surface area contributed by atoms with Crippen LogP contribution < -0.4 is 5.73 Å². The van der Waals surface area contributed by atoms with E-state index in [2.05, 4.69) is 14.6 Å². The van der Waals surface area contributed by atoms with E-state index >= 15 is 0 Å². The number of amides is 1. The van der Waals surface area contributed by atoms with Gasteiger partial charge in [-0.15, -0.1) is 0 Å². The van der Waals surface area contributed by atoms with Crippen molar-refractivity contribution in [2.24, 2.45) is 5.73 Å². The molecule has 0 unspecified atom stereocenters. The van der Waals surface area contributed by atoms with Crippen molar-refractivity contribution >= 4 is 27.1 Å². The number of ether oxygens (including phenoxy) is 1. The molecule has 2 N–H and O–H groups in total. The molecule has 0 fully saturated rings. The van der Waals surface area contributed by atoms with Gasteiger partial charge in [0, 0.05) is 0 Å². The molecule has 0 bridgehead atoms. The molecule has 0 atom stereocenters. The summed E-state index contributed by atoms with van der Waals surface area (Å²) in [6.07, 6.45) is -0.711. The van der Waals surface area contributed by atoms with Gasteiger partial charge in [0.05, 0.1) is 6.61 Å². The van der Waals surface area contributed by atoms with Gasteiger partial charge in [0.1, 0.15) is 21.0 Å². The van der Waals surface area contributed by atoms with Crippen molar-refractivity contribution in [1.29, 1.82) is 0 Å². The monoisotopic (exact) mass is 167 g/mol. The van der Waals surface area contributed by atoms with E-state index in [1.165, 1.54) is 0 Å². The van der Waals surface area contributed by atoms with Crippen molar-refractivity contribution in [1.82, 2.24) is 0 Å². The van der Waals surface area contributed by atoms with Gasteiger partial charge in [-0.05, 0) is 6.92 Å². The van der Waals surface area contributed by atoms with Gasteiger partial charge in [-0.2, -0.15) is 0 Å². The molecule has 0 aromatic rings. The molecule has 0 aliphatic rings. The Labute approximate surface area is 60.8 Å². The van der Waals surface area contributed by atoms with Crippen molar-refractivity contribution in [3.05, 3.63) is 0 Å². The van der Waals surface area contributed by atoms with Crippen LogP contribution in [0.2, 0.25) is 0 Å². The van der Waals surface area contributed by atoms with Gasteiger partial charge in [-0.25, -0.2) is 4.79 Å². The summed E-state index contributed by atoms with van der Waals surface area (Å²) in [5.41, 5.74) is 4.54. The molecular formula is C3H13NO3Si2. The lowest BCUT2D eigenvalue weighted by atomic mass is 10.9. The third-order valence-electron chi connectivity index (χ3n) is 0.287. The van der Waals surface area contributed by atoms with Crippen LogP contribution in [-0.2, 0) is 8.85 Å². The molecule has 9 heavy (non-hydrogen) atoms. The summed E-state index contributed by atoms with van der Waals surface area (Å²) in [5.74, 6) is 0. The highest BCUT2D eigenvalue weighted by Gasteiger charge is 1.82. The smallest absolute Gasteiger partial charge is 0.404 e. The molecular weight excluding hydrogens is 154 g/mol. The second-order valence-corrected chi connectivity index (χ2v) is 4.43. The number of carbonyl (C=O) groups excluding carboxylic acids is 1. The summed E-state index contributed by atoms with van der Waals surface area (Å²) in [4.78, 5) is 9.60. The first kappa shape index (κ1) is 11.5. The molecule has 0 saturated heterocycles. The standard InChI is InChI=1S/C3H7NO2.H6OSi2/c1-2-6-3(4)5;2-1-3/h2H2,1H3,(H2,4,5);2-3H3. The minimum atomic E-state index is -0.711. The number of carbonyl (C=O) groups is 1.